The first-order valence-corrected chi connectivity index (χ1v) is 8.74. The molecule has 8 heteroatoms. The predicted octanol–water partition coefficient (Wildman–Crippen LogP) is 2.01. The first-order chi connectivity index (χ1) is 11.8. The molecule has 1 N–H and O–H groups in total. The molecule has 0 atom stereocenters. The molecule has 0 fully saturated rings. The van der Waals surface area contributed by atoms with Crippen LogP contribution >= 0.6 is 11.8 Å². The SMILES string of the molecule is Cc1ccc2nc(SCC(=O)Nc3cc(C)nn3C)n(C)c(=O)c2c1. The van der Waals surface area contributed by atoms with Crippen molar-refractivity contribution in [3.63, 3.8) is 0 Å². The Labute approximate surface area is 149 Å². The predicted molar refractivity (Wildman–Crippen MR) is 99.0 cm³/mol. The number of rotatable bonds is 4. The van der Waals surface area contributed by atoms with Crippen LogP contribution in [-0.2, 0) is 18.9 Å². The van der Waals surface area contributed by atoms with E-state index in [4.69, 9.17) is 0 Å². The first-order valence-electron chi connectivity index (χ1n) is 7.76. The van der Waals surface area contributed by atoms with Crippen molar-refractivity contribution in [3.8, 4) is 0 Å². The Morgan fingerprint density at radius 2 is 2.00 bits per heavy atom. The number of anilines is 1. The maximum atomic E-state index is 12.5. The highest BCUT2D eigenvalue weighted by Gasteiger charge is 2.12. The first kappa shape index (κ1) is 17.2. The minimum absolute atomic E-state index is 0.112. The van der Waals surface area contributed by atoms with Crippen LogP contribution in [0.3, 0.4) is 0 Å². The molecule has 0 radical (unpaired) electrons. The number of fused-ring (bicyclic) bond motifs is 1. The molecule has 1 amide bonds. The molecule has 0 saturated carbocycles. The number of aryl methyl sites for hydroxylation is 3. The van der Waals surface area contributed by atoms with Gasteiger partial charge in [-0.15, -0.1) is 0 Å². The average Bonchev–Trinajstić information content (AvgIpc) is 2.87. The molecule has 0 spiro atoms. The lowest BCUT2D eigenvalue weighted by molar-refractivity contribution is -0.113. The van der Waals surface area contributed by atoms with Gasteiger partial charge >= 0.3 is 0 Å². The maximum Gasteiger partial charge on any atom is 0.261 e. The summed E-state index contributed by atoms with van der Waals surface area (Å²) >= 11 is 1.23. The van der Waals surface area contributed by atoms with Crippen LogP contribution in [-0.4, -0.2) is 31.0 Å². The second-order valence-corrected chi connectivity index (χ2v) is 6.85. The summed E-state index contributed by atoms with van der Waals surface area (Å²) in [7, 11) is 3.44. The Balaban J connectivity index is 1.78. The van der Waals surface area contributed by atoms with Gasteiger partial charge in [-0.1, -0.05) is 23.4 Å². The smallest absolute Gasteiger partial charge is 0.261 e. The Morgan fingerprint density at radius 1 is 1.24 bits per heavy atom. The number of amides is 1. The Hall–Kier alpha value is -2.61. The zero-order valence-corrected chi connectivity index (χ0v) is 15.3. The van der Waals surface area contributed by atoms with E-state index in [0.717, 1.165) is 11.3 Å². The fraction of sp³-hybridized carbons (Fsp3) is 0.294. The third-order valence-corrected chi connectivity index (χ3v) is 4.82. The number of hydrogen-bond acceptors (Lipinski definition) is 5. The molecular weight excluding hydrogens is 338 g/mol. The molecule has 0 bridgehead atoms. The molecular formula is C17H19N5O2S. The summed E-state index contributed by atoms with van der Waals surface area (Å²) < 4.78 is 3.10. The molecule has 130 valence electrons. The maximum absolute atomic E-state index is 12.5. The van der Waals surface area contributed by atoms with E-state index in [1.54, 1.807) is 24.8 Å². The van der Waals surface area contributed by atoms with Crippen LogP contribution in [0.5, 0.6) is 0 Å². The molecule has 1 aromatic carbocycles. The van der Waals surface area contributed by atoms with Crippen molar-refractivity contribution in [1.82, 2.24) is 19.3 Å². The number of carbonyl (C=O) groups excluding carboxylic acids is 1. The van der Waals surface area contributed by atoms with Crippen molar-refractivity contribution in [2.75, 3.05) is 11.1 Å². The lowest BCUT2D eigenvalue weighted by atomic mass is 10.2. The fourth-order valence-electron chi connectivity index (χ4n) is 2.53. The molecule has 2 heterocycles. The van der Waals surface area contributed by atoms with E-state index < -0.39 is 0 Å². The van der Waals surface area contributed by atoms with E-state index in [2.05, 4.69) is 15.4 Å². The summed E-state index contributed by atoms with van der Waals surface area (Å²) in [6, 6.07) is 7.38. The van der Waals surface area contributed by atoms with Gasteiger partial charge in [-0.25, -0.2) is 4.98 Å². The molecule has 0 saturated heterocycles. The molecule has 0 unspecified atom stereocenters. The van der Waals surface area contributed by atoms with Gasteiger partial charge in [-0.2, -0.15) is 5.10 Å². The zero-order valence-electron chi connectivity index (χ0n) is 14.5. The summed E-state index contributed by atoms with van der Waals surface area (Å²) in [5.41, 5.74) is 2.37. The second kappa shape index (κ2) is 6.72. The molecule has 0 aliphatic rings. The lowest BCUT2D eigenvalue weighted by Gasteiger charge is -2.09. The van der Waals surface area contributed by atoms with Gasteiger partial charge in [-0.3, -0.25) is 18.8 Å². The standard InChI is InChI=1S/C17H19N5O2S/c1-10-5-6-13-12(7-10)16(24)21(3)17(18-13)25-9-15(23)19-14-8-11(2)20-22(14)4/h5-8H,9H2,1-4H3,(H,19,23). The van der Waals surface area contributed by atoms with Crippen molar-refractivity contribution in [2.24, 2.45) is 14.1 Å². The molecule has 3 aromatic rings. The highest BCUT2D eigenvalue weighted by molar-refractivity contribution is 7.99. The van der Waals surface area contributed by atoms with Gasteiger partial charge in [0.1, 0.15) is 5.82 Å². The van der Waals surface area contributed by atoms with E-state index in [9.17, 15) is 9.59 Å². The molecule has 25 heavy (non-hydrogen) atoms. The van der Waals surface area contributed by atoms with Gasteiger partial charge in [-0.05, 0) is 26.0 Å². The van der Waals surface area contributed by atoms with Crippen LogP contribution in [0, 0.1) is 13.8 Å². The van der Waals surface area contributed by atoms with E-state index in [1.807, 2.05) is 32.0 Å². The molecule has 0 aliphatic heterocycles. The van der Waals surface area contributed by atoms with Crippen molar-refractivity contribution >= 4 is 34.4 Å². The topological polar surface area (TPSA) is 81.8 Å². The van der Waals surface area contributed by atoms with Gasteiger partial charge in [0.2, 0.25) is 5.91 Å². The van der Waals surface area contributed by atoms with Crippen molar-refractivity contribution in [3.05, 3.63) is 45.9 Å². The Kier molecular flexibility index (Phi) is 4.63. The third kappa shape index (κ3) is 3.58. The summed E-state index contributed by atoms with van der Waals surface area (Å²) in [6.07, 6.45) is 0. The third-order valence-electron chi connectivity index (χ3n) is 3.79. The summed E-state index contributed by atoms with van der Waals surface area (Å²) in [6.45, 7) is 3.80. The van der Waals surface area contributed by atoms with Crippen LogP contribution in [0.4, 0.5) is 5.82 Å². The van der Waals surface area contributed by atoms with Gasteiger partial charge in [0, 0.05) is 20.2 Å². The molecule has 7 nitrogen and oxygen atoms in total. The Bertz CT molecular complexity index is 1020. The second-order valence-electron chi connectivity index (χ2n) is 5.91. The normalized spacial score (nSPS) is 11.0. The number of benzene rings is 1. The van der Waals surface area contributed by atoms with Crippen LogP contribution in [0.25, 0.3) is 10.9 Å². The van der Waals surface area contributed by atoms with Crippen molar-refractivity contribution in [1.29, 1.82) is 0 Å². The minimum Gasteiger partial charge on any atom is -0.310 e. The average molecular weight is 357 g/mol. The van der Waals surface area contributed by atoms with Crippen LogP contribution in [0.2, 0.25) is 0 Å². The van der Waals surface area contributed by atoms with Crippen molar-refractivity contribution < 1.29 is 4.79 Å². The zero-order chi connectivity index (χ0) is 18.1. The summed E-state index contributed by atoms with van der Waals surface area (Å²) in [5.74, 6) is 0.618. The number of aromatic nitrogens is 4. The van der Waals surface area contributed by atoms with Gasteiger partial charge in [0.05, 0.1) is 22.3 Å². The quantitative estimate of drug-likeness (QED) is 0.571. The largest absolute Gasteiger partial charge is 0.310 e. The lowest BCUT2D eigenvalue weighted by Crippen LogP contribution is -2.22. The Morgan fingerprint density at radius 3 is 2.68 bits per heavy atom. The van der Waals surface area contributed by atoms with Gasteiger partial charge in [0.25, 0.3) is 5.56 Å². The van der Waals surface area contributed by atoms with Gasteiger partial charge in [0.15, 0.2) is 5.16 Å². The number of hydrogen-bond donors (Lipinski definition) is 1. The summed E-state index contributed by atoms with van der Waals surface area (Å²) in [5, 5.41) is 8.09. The van der Waals surface area contributed by atoms with Crippen LogP contribution in [0.15, 0.2) is 34.2 Å². The number of thioether (sulfide) groups is 1. The van der Waals surface area contributed by atoms with E-state index in [0.29, 0.717) is 21.9 Å². The fourth-order valence-corrected chi connectivity index (χ4v) is 3.30. The minimum atomic E-state index is -0.175. The van der Waals surface area contributed by atoms with E-state index in [-0.39, 0.29) is 17.2 Å². The number of nitrogens with zero attached hydrogens (tertiary/aromatic N) is 4. The molecule has 0 aliphatic carbocycles. The highest BCUT2D eigenvalue weighted by Crippen LogP contribution is 2.18. The van der Waals surface area contributed by atoms with Crippen LogP contribution in [0.1, 0.15) is 11.3 Å². The number of carbonyl (C=O) groups is 1. The van der Waals surface area contributed by atoms with Crippen LogP contribution < -0.4 is 10.9 Å². The monoisotopic (exact) mass is 357 g/mol. The number of nitrogens with one attached hydrogen (secondary N) is 1. The van der Waals surface area contributed by atoms with E-state index >= 15 is 0 Å². The molecule has 3 rings (SSSR count). The highest BCUT2D eigenvalue weighted by atomic mass is 32.2. The molecule has 2 aromatic heterocycles. The van der Waals surface area contributed by atoms with Crippen molar-refractivity contribution in [2.45, 2.75) is 19.0 Å². The summed E-state index contributed by atoms with van der Waals surface area (Å²) in [4.78, 5) is 29.2. The van der Waals surface area contributed by atoms with E-state index in [1.165, 1.54) is 16.3 Å². The van der Waals surface area contributed by atoms with Gasteiger partial charge < -0.3 is 5.32 Å².